The second kappa shape index (κ2) is 7.04. The first-order valence-electron chi connectivity index (χ1n) is 7.80. The van der Waals surface area contributed by atoms with Crippen LogP contribution in [0.5, 0.6) is 0 Å². The summed E-state index contributed by atoms with van der Waals surface area (Å²) < 4.78 is 1.50. The highest BCUT2D eigenvalue weighted by atomic mass is 35.5. The standard InChI is InChI=1S/C15H17ClN6O.ClH/c16-10-1-4-14(21-9-18-19-20-21)13(7-10)15(23)22-11-2-3-12(22)8-17-6-5-11;/h1,4,7,9,11-12,17H,2-3,5-6,8H2;1H. The number of halogens is 2. The maximum atomic E-state index is 13.2. The fourth-order valence-corrected chi connectivity index (χ4v) is 3.78. The molecular weight excluding hydrogens is 351 g/mol. The van der Waals surface area contributed by atoms with E-state index in [1.54, 1.807) is 18.2 Å². The summed E-state index contributed by atoms with van der Waals surface area (Å²) in [7, 11) is 0. The van der Waals surface area contributed by atoms with Crippen LogP contribution in [0, 0.1) is 0 Å². The van der Waals surface area contributed by atoms with Gasteiger partial charge in [-0.3, -0.25) is 4.79 Å². The Morgan fingerprint density at radius 3 is 2.88 bits per heavy atom. The molecule has 2 aliphatic heterocycles. The van der Waals surface area contributed by atoms with Crippen molar-refractivity contribution in [3.63, 3.8) is 0 Å². The van der Waals surface area contributed by atoms with E-state index in [1.807, 2.05) is 4.90 Å². The number of benzene rings is 1. The molecule has 2 unspecified atom stereocenters. The maximum Gasteiger partial charge on any atom is 0.256 e. The van der Waals surface area contributed by atoms with Crippen LogP contribution in [-0.4, -0.2) is 56.2 Å². The van der Waals surface area contributed by atoms with Gasteiger partial charge in [-0.15, -0.1) is 17.5 Å². The van der Waals surface area contributed by atoms with Crippen molar-refractivity contribution in [2.75, 3.05) is 13.1 Å². The van der Waals surface area contributed by atoms with Gasteiger partial charge in [-0.2, -0.15) is 4.68 Å². The summed E-state index contributed by atoms with van der Waals surface area (Å²) in [5, 5.41) is 15.2. The summed E-state index contributed by atoms with van der Waals surface area (Å²) in [4.78, 5) is 15.3. The molecule has 1 aromatic carbocycles. The highest BCUT2D eigenvalue weighted by Crippen LogP contribution is 2.31. The van der Waals surface area contributed by atoms with Crippen molar-refractivity contribution >= 4 is 29.9 Å². The summed E-state index contributed by atoms with van der Waals surface area (Å²) in [6, 6.07) is 5.77. The van der Waals surface area contributed by atoms with Gasteiger partial charge in [0.25, 0.3) is 5.91 Å². The molecule has 2 aliphatic rings. The van der Waals surface area contributed by atoms with Crippen LogP contribution >= 0.6 is 24.0 Å². The van der Waals surface area contributed by atoms with Crippen molar-refractivity contribution in [1.82, 2.24) is 30.4 Å². The summed E-state index contributed by atoms with van der Waals surface area (Å²) in [6.45, 7) is 1.81. The molecule has 2 fully saturated rings. The number of aromatic nitrogens is 4. The Balaban J connectivity index is 0.00000169. The van der Waals surface area contributed by atoms with E-state index in [4.69, 9.17) is 11.6 Å². The van der Waals surface area contributed by atoms with E-state index in [-0.39, 0.29) is 24.4 Å². The highest BCUT2D eigenvalue weighted by molar-refractivity contribution is 6.31. The molecule has 3 heterocycles. The van der Waals surface area contributed by atoms with Gasteiger partial charge in [0.15, 0.2) is 0 Å². The molecular formula is C15H18Cl2N6O. The molecule has 0 aliphatic carbocycles. The number of nitrogens with one attached hydrogen (secondary N) is 1. The van der Waals surface area contributed by atoms with Gasteiger partial charge in [0.05, 0.1) is 11.3 Å². The number of tetrazole rings is 1. The van der Waals surface area contributed by atoms with Gasteiger partial charge in [-0.05, 0) is 54.4 Å². The zero-order valence-electron chi connectivity index (χ0n) is 12.9. The molecule has 1 N–H and O–H groups in total. The first-order valence-corrected chi connectivity index (χ1v) is 8.18. The van der Waals surface area contributed by atoms with Crippen molar-refractivity contribution in [2.45, 2.75) is 31.3 Å². The van der Waals surface area contributed by atoms with Crippen LogP contribution in [0.15, 0.2) is 24.5 Å². The predicted octanol–water partition coefficient (Wildman–Crippen LogP) is 1.70. The van der Waals surface area contributed by atoms with E-state index in [0.717, 1.165) is 32.4 Å². The summed E-state index contributed by atoms with van der Waals surface area (Å²) >= 11 is 6.14. The van der Waals surface area contributed by atoms with Crippen LogP contribution in [0.3, 0.4) is 0 Å². The molecule has 24 heavy (non-hydrogen) atoms. The predicted molar refractivity (Wildman–Crippen MR) is 91.9 cm³/mol. The monoisotopic (exact) mass is 368 g/mol. The Morgan fingerprint density at radius 1 is 1.25 bits per heavy atom. The summed E-state index contributed by atoms with van der Waals surface area (Å²) in [6.07, 6.45) is 4.59. The lowest BCUT2D eigenvalue weighted by molar-refractivity contribution is 0.0680. The Hall–Kier alpha value is -1.70. The average Bonchev–Trinajstić information content (AvgIpc) is 3.14. The molecule has 0 spiro atoms. The van der Waals surface area contributed by atoms with E-state index in [0.29, 0.717) is 22.3 Å². The van der Waals surface area contributed by atoms with E-state index < -0.39 is 0 Å². The van der Waals surface area contributed by atoms with Gasteiger partial charge < -0.3 is 10.2 Å². The molecule has 0 radical (unpaired) electrons. The van der Waals surface area contributed by atoms with Crippen LogP contribution in [0.25, 0.3) is 5.69 Å². The topological polar surface area (TPSA) is 75.9 Å². The molecule has 1 aromatic heterocycles. The van der Waals surface area contributed by atoms with E-state index in [1.165, 1.54) is 11.0 Å². The van der Waals surface area contributed by atoms with Crippen molar-refractivity contribution in [3.8, 4) is 5.69 Å². The molecule has 0 saturated carbocycles. The minimum atomic E-state index is 0. The first kappa shape index (κ1) is 17.1. The fourth-order valence-electron chi connectivity index (χ4n) is 3.60. The van der Waals surface area contributed by atoms with Gasteiger partial charge in [0, 0.05) is 23.7 Å². The Labute approximate surface area is 150 Å². The number of fused-ring (bicyclic) bond motifs is 2. The van der Waals surface area contributed by atoms with Crippen LogP contribution < -0.4 is 5.32 Å². The summed E-state index contributed by atoms with van der Waals surface area (Å²) in [5.41, 5.74) is 1.20. The summed E-state index contributed by atoms with van der Waals surface area (Å²) in [5.74, 6) is 0.00852. The van der Waals surface area contributed by atoms with E-state index in [2.05, 4.69) is 20.8 Å². The third kappa shape index (κ3) is 2.99. The lowest BCUT2D eigenvalue weighted by atomic mass is 10.1. The lowest BCUT2D eigenvalue weighted by Crippen LogP contribution is -2.42. The van der Waals surface area contributed by atoms with Crippen LogP contribution in [-0.2, 0) is 0 Å². The Bertz CT molecular complexity index is 709. The number of carbonyl (C=O) groups is 1. The minimum absolute atomic E-state index is 0. The molecule has 7 nitrogen and oxygen atoms in total. The second-order valence-corrected chi connectivity index (χ2v) is 6.44. The maximum absolute atomic E-state index is 13.2. The minimum Gasteiger partial charge on any atom is -0.331 e. The van der Waals surface area contributed by atoms with Crippen molar-refractivity contribution in [3.05, 3.63) is 35.1 Å². The number of rotatable bonds is 2. The van der Waals surface area contributed by atoms with E-state index in [9.17, 15) is 4.79 Å². The number of hydrogen-bond donors (Lipinski definition) is 1. The number of carbonyl (C=O) groups excluding carboxylic acids is 1. The van der Waals surface area contributed by atoms with Crippen LogP contribution in [0.2, 0.25) is 5.02 Å². The largest absolute Gasteiger partial charge is 0.331 e. The van der Waals surface area contributed by atoms with Crippen molar-refractivity contribution in [1.29, 1.82) is 0 Å². The van der Waals surface area contributed by atoms with Gasteiger partial charge >= 0.3 is 0 Å². The SMILES string of the molecule is Cl.O=C(c1cc(Cl)ccc1-n1cnnn1)N1C2CCNCC1CC2. The van der Waals surface area contributed by atoms with Crippen LogP contribution in [0.1, 0.15) is 29.6 Å². The van der Waals surface area contributed by atoms with Gasteiger partial charge in [-0.25, -0.2) is 0 Å². The quantitative estimate of drug-likeness (QED) is 0.872. The first-order chi connectivity index (χ1) is 11.2. The van der Waals surface area contributed by atoms with Gasteiger partial charge in [0.1, 0.15) is 6.33 Å². The lowest BCUT2D eigenvalue weighted by Gasteiger charge is -2.28. The average molecular weight is 369 g/mol. The number of hydrogen-bond acceptors (Lipinski definition) is 5. The molecule has 2 bridgehead atoms. The second-order valence-electron chi connectivity index (χ2n) is 6.01. The molecule has 4 rings (SSSR count). The van der Waals surface area contributed by atoms with E-state index >= 15 is 0 Å². The third-order valence-corrected chi connectivity index (χ3v) is 4.91. The number of amides is 1. The third-order valence-electron chi connectivity index (χ3n) is 4.67. The molecule has 2 aromatic rings. The molecule has 128 valence electrons. The Morgan fingerprint density at radius 2 is 2.08 bits per heavy atom. The molecule has 1 amide bonds. The normalized spacial score (nSPS) is 22.8. The molecule has 2 saturated heterocycles. The smallest absolute Gasteiger partial charge is 0.256 e. The molecule has 2 atom stereocenters. The zero-order chi connectivity index (χ0) is 15.8. The van der Waals surface area contributed by atoms with Gasteiger partial charge in [0.2, 0.25) is 0 Å². The Kier molecular flexibility index (Phi) is 5.03. The van der Waals surface area contributed by atoms with Crippen molar-refractivity contribution < 1.29 is 4.79 Å². The zero-order valence-corrected chi connectivity index (χ0v) is 14.5. The molecule has 9 heteroatoms. The fraction of sp³-hybridized carbons (Fsp3) is 0.467. The number of nitrogens with zero attached hydrogens (tertiary/aromatic N) is 5. The van der Waals surface area contributed by atoms with Gasteiger partial charge in [-0.1, -0.05) is 11.6 Å². The van der Waals surface area contributed by atoms with Crippen LogP contribution in [0.4, 0.5) is 0 Å². The highest BCUT2D eigenvalue weighted by Gasteiger charge is 2.39. The van der Waals surface area contributed by atoms with Crippen molar-refractivity contribution in [2.24, 2.45) is 0 Å².